The molecule has 4 heteroatoms. The van der Waals surface area contributed by atoms with Crippen LogP contribution in [0.25, 0.3) is 0 Å². The van der Waals surface area contributed by atoms with Crippen molar-refractivity contribution >= 4 is 5.91 Å². The van der Waals surface area contributed by atoms with Crippen molar-refractivity contribution in [1.29, 1.82) is 0 Å². The molecule has 3 N–H and O–H groups in total. The molecule has 1 atom stereocenters. The summed E-state index contributed by atoms with van der Waals surface area (Å²) in [7, 11) is 0. The third kappa shape index (κ3) is 3.07. The highest BCUT2D eigenvalue weighted by Gasteiger charge is 2.25. The summed E-state index contributed by atoms with van der Waals surface area (Å²) in [6.45, 7) is 0. The van der Waals surface area contributed by atoms with Gasteiger partial charge in [-0.3, -0.25) is 10.1 Å². The van der Waals surface area contributed by atoms with E-state index in [2.05, 4.69) is 5.32 Å². The molecule has 1 fully saturated rings. The van der Waals surface area contributed by atoms with E-state index in [9.17, 15) is 9.18 Å². The maximum atomic E-state index is 13.7. The molecule has 1 aliphatic carbocycles. The van der Waals surface area contributed by atoms with E-state index in [1.54, 1.807) is 18.2 Å². The van der Waals surface area contributed by atoms with Crippen molar-refractivity contribution in [2.24, 2.45) is 5.73 Å². The van der Waals surface area contributed by atoms with Crippen LogP contribution < -0.4 is 11.1 Å². The second kappa shape index (κ2) is 5.96. The first-order chi connectivity index (χ1) is 8.68. The van der Waals surface area contributed by atoms with Crippen LogP contribution in [0.2, 0.25) is 0 Å². The predicted molar refractivity (Wildman–Crippen MR) is 68.3 cm³/mol. The Balaban J connectivity index is 2.13. The summed E-state index contributed by atoms with van der Waals surface area (Å²) in [5, 5.41) is 3.20. The van der Waals surface area contributed by atoms with E-state index in [4.69, 9.17) is 5.73 Å². The number of benzene rings is 1. The van der Waals surface area contributed by atoms with Gasteiger partial charge in [0.25, 0.3) is 0 Å². The van der Waals surface area contributed by atoms with Gasteiger partial charge in [0.1, 0.15) is 11.9 Å². The Morgan fingerprint density at radius 1 is 1.28 bits per heavy atom. The summed E-state index contributed by atoms with van der Waals surface area (Å²) in [5.74, 6) is -0.907. The van der Waals surface area contributed by atoms with Crippen LogP contribution in [0.4, 0.5) is 4.39 Å². The molecule has 3 nitrogen and oxygen atoms in total. The Kier molecular flexibility index (Phi) is 4.31. The number of nitrogens with one attached hydrogen (secondary N) is 1. The van der Waals surface area contributed by atoms with Gasteiger partial charge in [-0.2, -0.15) is 0 Å². The van der Waals surface area contributed by atoms with Crippen molar-refractivity contribution in [1.82, 2.24) is 5.32 Å². The zero-order chi connectivity index (χ0) is 13.0. The number of rotatable bonds is 4. The highest BCUT2D eigenvalue weighted by atomic mass is 19.1. The minimum Gasteiger partial charge on any atom is -0.368 e. The fraction of sp³-hybridized carbons (Fsp3) is 0.500. The zero-order valence-electron chi connectivity index (χ0n) is 10.4. The first-order valence-corrected chi connectivity index (χ1v) is 6.48. The summed E-state index contributed by atoms with van der Waals surface area (Å²) in [5.41, 5.74) is 5.73. The summed E-state index contributed by atoms with van der Waals surface area (Å²) in [4.78, 5) is 11.5. The van der Waals surface area contributed by atoms with Gasteiger partial charge < -0.3 is 5.73 Å². The van der Waals surface area contributed by atoms with Crippen molar-refractivity contribution < 1.29 is 9.18 Å². The summed E-state index contributed by atoms with van der Waals surface area (Å²) in [6.07, 6.45) is 5.59. The summed E-state index contributed by atoms with van der Waals surface area (Å²) < 4.78 is 13.7. The number of carbonyl (C=O) groups is 1. The van der Waals surface area contributed by atoms with Gasteiger partial charge in [-0.15, -0.1) is 0 Å². The number of nitrogens with two attached hydrogens (primary N) is 1. The highest BCUT2D eigenvalue weighted by molar-refractivity contribution is 5.81. The van der Waals surface area contributed by atoms with Crippen molar-refractivity contribution in [3.8, 4) is 0 Å². The van der Waals surface area contributed by atoms with E-state index in [1.165, 1.54) is 12.5 Å². The standard InChI is InChI=1S/C14H19FN2O/c15-12-9-5-4-8-11(12)13(14(16)18)17-10-6-2-1-3-7-10/h4-5,8-10,13,17H,1-3,6-7H2,(H2,16,18). The quantitative estimate of drug-likeness (QED) is 0.861. The van der Waals surface area contributed by atoms with E-state index in [0.29, 0.717) is 5.56 Å². The number of carbonyl (C=O) groups excluding carboxylic acids is 1. The first kappa shape index (κ1) is 13.0. The molecule has 0 heterocycles. The van der Waals surface area contributed by atoms with E-state index < -0.39 is 11.9 Å². The molecule has 0 aromatic heterocycles. The molecular formula is C14H19FN2O. The lowest BCUT2D eigenvalue weighted by Gasteiger charge is -2.27. The van der Waals surface area contributed by atoms with Crippen LogP contribution in [0, 0.1) is 5.82 Å². The maximum absolute atomic E-state index is 13.7. The molecule has 0 radical (unpaired) electrons. The molecule has 1 unspecified atom stereocenters. The van der Waals surface area contributed by atoms with Gasteiger partial charge in [-0.05, 0) is 18.9 Å². The van der Waals surface area contributed by atoms with Crippen molar-refractivity contribution in [3.63, 3.8) is 0 Å². The number of amides is 1. The Morgan fingerprint density at radius 2 is 1.94 bits per heavy atom. The van der Waals surface area contributed by atoms with Gasteiger partial charge in [0.15, 0.2) is 0 Å². The third-order valence-electron chi connectivity index (χ3n) is 3.51. The van der Waals surface area contributed by atoms with Crippen LogP contribution in [0.5, 0.6) is 0 Å². The lowest BCUT2D eigenvalue weighted by molar-refractivity contribution is -0.120. The molecule has 2 rings (SSSR count). The number of primary amides is 1. The molecule has 1 saturated carbocycles. The third-order valence-corrected chi connectivity index (χ3v) is 3.51. The van der Waals surface area contributed by atoms with Crippen LogP contribution in [0.15, 0.2) is 24.3 Å². The van der Waals surface area contributed by atoms with Gasteiger partial charge in [0.05, 0.1) is 0 Å². The molecule has 0 saturated heterocycles. The number of halogens is 1. The van der Waals surface area contributed by atoms with Gasteiger partial charge >= 0.3 is 0 Å². The van der Waals surface area contributed by atoms with Crippen molar-refractivity contribution in [3.05, 3.63) is 35.6 Å². The molecule has 0 aliphatic heterocycles. The zero-order valence-corrected chi connectivity index (χ0v) is 10.4. The molecule has 1 amide bonds. The molecule has 0 spiro atoms. The maximum Gasteiger partial charge on any atom is 0.239 e. The van der Waals surface area contributed by atoms with Crippen LogP contribution >= 0.6 is 0 Å². The van der Waals surface area contributed by atoms with Gasteiger partial charge in [0, 0.05) is 11.6 Å². The van der Waals surface area contributed by atoms with Gasteiger partial charge in [-0.1, -0.05) is 37.5 Å². The second-order valence-corrected chi connectivity index (χ2v) is 4.86. The number of hydrogen-bond donors (Lipinski definition) is 2. The lowest BCUT2D eigenvalue weighted by Crippen LogP contribution is -2.41. The largest absolute Gasteiger partial charge is 0.368 e. The Bertz CT molecular complexity index is 416. The molecule has 98 valence electrons. The summed E-state index contributed by atoms with van der Waals surface area (Å²) >= 11 is 0. The Morgan fingerprint density at radius 3 is 2.56 bits per heavy atom. The SMILES string of the molecule is NC(=O)C(NC1CCCCC1)c1ccccc1F. The van der Waals surface area contributed by atoms with Gasteiger partial charge in [-0.25, -0.2) is 4.39 Å². The fourth-order valence-electron chi connectivity index (χ4n) is 2.54. The van der Waals surface area contributed by atoms with Crippen molar-refractivity contribution in [2.75, 3.05) is 0 Å². The van der Waals surface area contributed by atoms with E-state index in [0.717, 1.165) is 25.7 Å². The topological polar surface area (TPSA) is 55.1 Å². The highest BCUT2D eigenvalue weighted by Crippen LogP contribution is 2.22. The number of hydrogen-bond acceptors (Lipinski definition) is 2. The fourth-order valence-corrected chi connectivity index (χ4v) is 2.54. The van der Waals surface area contributed by atoms with Crippen molar-refractivity contribution in [2.45, 2.75) is 44.2 Å². The van der Waals surface area contributed by atoms with Crippen LogP contribution in [0.3, 0.4) is 0 Å². The van der Waals surface area contributed by atoms with Crippen LogP contribution in [0.1, 0.15) is 43.7 Å². The van der Waals surface area contributed by atoms with E-state index in [-0.39, 0.29) is 11.9 Å². The summed E-state index contributed by atoms with van der Waals surface area (Å²) in [6, 6.07) is 5.83. The van der Waals surface area contributed by atoms with E-state index in [1.807, 2.05) is 0 Å². The monoisotopic (exact) mass is 250 g/mol. The normalized spacial score (nSPS) is 18.5. The molecule has 1 aliphatic rings. The Labute approximate surface area is 107 Å². The molecule has 18 heavy (non-hydrogen) atoms. The second-order valence-electron chi connectivity index (χ2n) is 4.86. The average Bonchev–Trinajstić information content (AvgIpc) is 2.38. The predicted octanol–water partition coefficient (Wildman–Crippen LogP) is 2.27. The van der Waals surface area contributed by atoms with Gasteiger partial charge in [0.2, 0.25) is 5.91 Å². The van der Waals surface area contributed by atoms with Crippen LogP contribution in [-0.2, 0) is 4.79 Å². The van der Waals surface area contributed by atoms with Crippen LogP contribution in [-0.4, -0.2) is 11.9 Å². The minimum atomic E-state index is -0.728. The smallest absolute Gasteiger partial charge is 0.239 e. The first-order valence-electron chi connectivity index (χ1n) is 6.48. The minimum absolute atomic E-state index is 0.260. The molecule has 1 aromatic carbocycles. The molecule has 1 aromatic rings. The molecule has 0 bridgehead atoms. The lowest BCUT2D eigenvalue weighted by atomic mass is 9.93. The molecular weight excluding hydrogens is 231 g/mol. The van der Waals surface area contributed by atoms with E-state index >= 15 is 0 Å². The Hall–Kier alpha value is -1.42. The average molecular weight is 250 g/mol.